The summed E-state index contributed by atoms with van der Waals surface area (Å²) < 4.78 is 19.2. The zero-order valence-corrected chi connectivity index (χ0v) is 19.2. The molecular weight excluding hydrogens is 400 g/mol. The molecule has 1 atom stereocenters. The molecule has 5 heteroatoms. The molecule has 1 aromatic rings. The highest BCUT2D eigenvalue weighted by atomic mass is 79.9. The zero-order chi connectivity index (χ0) is 18.5. The largest absolute Gasteiger partial charge is 0.400 e. The standard InChI is InChI=1S/C19H29BrO2SSi/c1-15(2)19(16(3)4,22-24(6,7)14-20)12-13-23(21)18-10-8-17(5)9-11-18/h8-11,15-16H,14H2,1-7H3/t23-/m1/s1. The molecule has 0 fully saturated rings. The lowest BCUT2D eigenvalue weighted by Gasteiger charge is -2.42. The van der Waals surface area contributed by atoms with Crippen molar-refractivity contribution >= 4 is 35.0 Å². The predicted molar refractivity (Wildman–Crippen MR) is 110 cm³/mol. The first-order valence-corrected chi connectivity index (χ1v) is 13.7. The molecule has 0 aliphatic rings. The van der Waals surface area contributed by atoms with Gasteiger partial charge in [-0.1, -0.05) is 67.2 Å². The fraction of sp³-hybridized carbons (Fsp3) is 0.579. The highest BCUT2D eigenvalue weighted by molar-refractivity contribution is 9.09. The van der Waals surface area contributed by atoms with Crippen LogP contribution in [-0.4, -0.2) is 23.1 Å². The van der Waals surface area contributed by atoms with Crippen molar-refractivity contribution in [1.29, 1.82) is 0 Å². The molecule has 0 unspecified atom stereocenters. The van der Waals surface area contributed by atoms with E-state index in [1.807, 2.05) is 31.2 Å². The van der Waals surface area contributed by atoms with Crippen LogP contribution in [0.3, 0.4) is 0 Å². The molecule has 1 aromatic carbocycles. The van der Waals surface area contributed by atoms with Crippen molar-refractivity contribution in [2.75, 3.05) is 4.95 Å². The Balaban J connectivity index is 3.23. The van der Waals surface area contributed by atoms with Crippen molar-refractivity contribution in [3.63, 3.8) is 0 Å². The summed E-state index contributed by atoms with van der Waals surface area (Å²) in [4.78, 5) is 1.59. The van der Waals surface area contributed by atoms with Gasteiger partial charge in [0.25, 0.3) is 0 Å². The van der Waals surface area contributed by atoms with Crippen LogP contribution >= 0.6 is 15.9 Å². The summed E-state index contributed by atoms with van der Waals surface area (Å²) in [5.41, 5.74) is 0.569. The van der Waals surface area contributed by atoms with Gasteiger partial charge in [0.15, 0.2) is 8.32 Å². The molecule has 0 aromatic heterocycles. The average molecular weight is 429 g/mol. The molecule has 0 saturated heterocycles. The third kappa shape index (κ3) is 5.55. The predicted octanol–water partition coefficient (Wildman–Crippen LogP) is 5.27. The Morgan fingerprint density at radius 3 is 2.08 bits per heavy atom. The molecule has 134 valence electrons. The highest BCUT2D eigenvalue weighted by Gasteiger charge is 2.42. The third-order valence-electron chi connectivity index (χ3n) is 4.06. The second kappa shape index (κ2) is 8.80. The lowest BCUT2D eigenvalue weighted by atomic mass is 9.81. The van der Waals surface area contributed by atoms with E-state index in [4.69, 9.17) is 4.43 Å². The minimum absolute atomic E-state index is 0.214. The van der Waals surface area contributed by atoms with Gasteiger partial charge in [-0.3, -0.25) is 0 Å². The van der Waals surface area contributed by atoms with E-state index in [0.717, 1.165) is 15.4 Å². The Bertz CT molecular complexity index is 619. The van der Waals surface area contributed by atoms with E-state index in [1.54, 1.807) is 0 Å². The van der Waals surface area contributed by atoms with E-state index in [2.05, 4.69) is 67.9 Å². The van der Waals surface area contributed by atoms with Crippen LogP contribution < -0.4 is 0 Å². The Morgan fingerprint density at radius 1 is 1.17 bits per heavy atom. The highest BCUT2D eigenvalue weighted by Crippen LogP contribution is 2.33. The second-order valence-electron chi connectivity index (χ2n) is 7.41. The Labute approximate surface area is 159 Å². The third-order valence-corrected chi connectivity index (χ3v) is 10.6. The van der Waals surface area contributed by atoms with Crippen LogP contribution in [0.2, 0.25) is 13.1 Å². The molecule has 0 radical (unpaired) electrons. The van der Waals surface area contributed by atoms with E-state index in [9.17, 15) is 4.21 Å². The summed E-state index contributed by atoms with van der Waals surface area (Å²) in [6.45, 7) is 14.9. The van der Waals surface area contributed by atoms with Crippen molar-refractivity contribution in [1.82, 2.24) is 0 Å². The fourth-order valence-electron chi connectivity index (χ4n) is 2.55. The molecule has 0 aliphatic carbocycles. The SMILES string of the molecule is Cc1ccc([S@](=O)C#CC(O[Si](C)(C)CBr)(C(C)C)C(C)C)cc1. The van der Waals surface area contributed by atoms with Crippen molar-refractivity contribution < 1.29 is 8.63 Å². The Morgan fingerprint density at radius 2 is 1.67 bits per heavy atom. The molecule has 0 heterocycles. The minimum atomic E-state index is -1.88. The smallest absolute Gasteiger partial charge is 0.199 e. The quantitative estimate of drug-likeness (QED) is 0.350. The molecule has 0 amide bonds. The number of hydrogen-bond donors (Lipinski definition) is 0. The van der Waals surface area contributed by atoms with Gasteiger partial charge >= 0.3 is 0 Å². The van der Waals surface area contributed by atoms with Crippen LogP contribution in [-0.2, 0) is 15.2 Å². The summed E-state index contributed by atoms with van der Waals surface area (Å²) in [5, 5.41) is 2.97. The van der Waals surface area contributed by atoms with E-state index in [0.29, 0.717) is 0 Å². The van der Waals surface area contributed by atoms with Crippen LogP contribution in [0.1, 0.15) is 33.3 Å². The fourth-order valence-corrected chi connectivity index (χ4v) is 5.14. The van der Waals surface area contributed by atoms with E-state index >= 15 is 0 Å². The van der Waals surface area contributed by atoms with Crippen LogP contribution in [0, 0.1) is 29.9 Å². The van der Waals surface area contributed by atoms with Crippen molar-refractivity contribution in [2.24, 2.45) is 11.8 Å². The summed E-state index contributed by atoms with van der Waals surface area (Å²) in [5.74, 6) is 3.70. The zero-order valence-electron chi connectivity index (χ0n) is 15.8. The lowest BCUT2D eigenvalue weighted by molar-refractivity contribution is 0.0275. The molecular formula is C19H29BrO2SSi. The number of aryl methyl sites for hydroxylation is 1. The summed E-state index contributed by atoms with van der Waals surface area (Å²) in [6, 6.07) is 7.68. The first-order valence-electron chi connectivity index (χ1n) is 8.31. The molecule has 0 saturated carbocycles. The van der Waals surface area contributed by atoms with Gasteiger partial charge in [-0.2, -0.15) is 0 Å². The van der Waals surface area contributed by atoms with Crippen molar-refractivity contribution in [2.45, 2.75) is 58.2 Å². The maximum Gasteiger partial charge on any atom is 0.199 e. The number of hydrogen-bond acceptors (Lipinski definition) is 2. The van der Waals surface area contributed by atoms with Gasteiger partial charge < -0.3 is 4.43 Å². The molecule has 24 heavy (non-hydrogen) atoms. The van der Waals surface area contributed by atoms with Crippen LogP contribution in [0.25, 0.3) is 0 Å². The van der Waals surface area contributed by atoms with Crippen LogP contribution in [0.4, 0.5) is 0 Å². The van der Waals surface area contributed by atoms with Gasteiger partial charge in [0.1, 0.15) is 16.4 Å². The molecule has 0 bridgehead atoms. The normalized spacial score (nSPS) is 13.8. The van der Waals surface area contributed by atoms with Crippen molar-refractivity contribution in [3.05, 3.63) is 29.8 Å². The first-order chi connectivity index (χ1) is 11.0. The average Bonchev–Trinajstić information content (AvgIpc) is 2.51. The van der Waals surface area contributed by atoms with Crippen LogP contribution in [0.15, 0.2) is 29.2 Å². The molecule has 1 rings (SSSR count). The van der Waals surface area contributed by atoms with Gasteiger partial charge in [-0.05, 0) is 44.0 Å². The van der Waals surface area contributed by atoms with Gasteiger partial charge in [-0.25, -0.2) is 4.21 Å². The van der Waals surface area contributed by atoms with E-state index in [1.165, 1.54) is 0 Å². The summed E-state index contributed by atoms with van der Waals surface area (Å²) in [6.07, 6.45) is 0. The van der Waals surface area contributed by atoms with E-state index < -0.39 is 24.7 Å². The van der Waals surface area contributed by atoms with Crippen molar-refractivity contribution in [3.8, 4) is 11.2 Å². The Hall–Kier alpha value is -0.413. The van der Waals surface area contributed by atoms with Gasteiger partial charge in [-0.15, -0.1) is 0 Å². The van der Waals surface area contributed by atoms with Gasteiger partial charge in [0.05, 0.1) is 4.90 Å². The lowest BCUT2D eigenvalue weighted by Crippen LogP contribution is -2.51. The van der Waals surface area contributed by atoms with Crippen LogP contribution in [0.5, 0.6) is 0 Å². The van der Waals surface area contributed by atoms with Gasteiger partial charge in [0.2, 0.25) is 0 Å². The number of rotatable bonds is 6. The molecule has 0 spiro atoms. The monoisotopic (exact) mass is 428 g/mol. The molecule has 0 N–H and O–H groups in total. The Kier molecular flexibility index (Phi) is 7.93. The molecule has 0 aliphatic heterocycles. The van der Waals surface area contributed by atoms with Gasteiger partial charge in [0, 0.05) is 10.2 Å². The number of halogens is 1. The summed E-state index contributed by atoms with van der Waals surface area (Å²) >= 11 is 3.57. The van der Waals surface area contributed by atoms with E-state index in [-0.39, 0.29) is 11.8 Å². The number of alkyl halides is 1. The topological polar surface area (TPSA) is 26.3 Å². The molecule has 2 nitrogen and oxygen atoms in total. The maximum atomic E-state index is 12.6. The first kappa shape index (κ1) is 21.6. The number of benzene rings is 1. The minimum Gasteiger partial charge on any atom is -0.400 e. The maximum absolute atomic E-state index is 12.6. The second-order valence-corrected chi connectivity index (χ2v) is 14.3. The summed E-state index contributed by atoms with van der Waals surface area (Å²) in [7, 11) is -3.22.